The van der Waals surface area contributed by atoms with Crippen molar-refractivity contribution >= 4 is 11.5 Å². The summed E-state index contributed by atoms with van der Waals surface area (Å²) in [5.41, 5.74) is 7.01. The Balaban J connectivity index is 2.94. The summed E-state index contributed by atoms with van der Waals surface area (Å²) in [6.45, 7) is 6.53. The van der Waals surface area contributed by atoms with E-state index in [4.69, 9.17) is 11.1 Å². The van der Waals surface area contributed by atoms with Crippen molar-refractivity contribution in [1.82, 2.24) is 4.98 Å². The highest BCUT2D eigenvalue weighted by Crippen LogP contribution is 2.23. The van der Waals surface area contributed by atoms with Gasteiger partial charge in [-0.25, -0.2) is 0 Å². The molecule has 0 saturated heterocycles. The molecule has 0 aromatic carbocycles. The second-order valence-electron chi connectivity index (χ2n) is 4.54. The zero-order valence-corrected chi connectivity index (χ0v) is 10.4. The number of aromatic nitrogens is 1. The van der Waals surface area contributed by atoms with Crippen LogP contribution in [0.3, 0.4) is 0 Å². The molecular formula is C12H20N4. The molecule has 0 saturated carbocycles. The second kappa shape index (κ2) is 4.51. The van der Waals surface area contributed by atoms with Crippen molar-refractivity contribution in [1.29, 1.82) is 5.41 Å². The third kappa shape index (κ3) is 2.51. The number of rotatable bonds is 4. The molecule has 88 valence electrons. The summed E-state index contributed by atoms with van der Waals surface area (Å²) in [5, 5.41) is 7.27. The van der Waals surface area contributed by atoms with E-state index in [1.165, 1.54) is 0 Å². The van der Waals surface area contributed by atoms with Crippen molar-refractivity contribution in [2.24, 2.45) is 5.73 Å². The van der Waals surface area contributed by atoms with Gasteiger partial charge in [0.2, 0.25) is 0 Å². The van der Waals surface area contributed by atoms with Gasteiger partial charge in [-0.1, -0.05) is 6.92 Å². The fourth-order valence-corrected chi connectivity index (χ4v) is 1.33. The van der Waals surface area contributed by atoms with E-state index in [0.717, 1.165) is 12.1 Å². The fraction of sp³-hybridized carbons (Fsp3) is 0.500. The number of nitrogens with zero attached hydrogens (tertiary/aromatic N) is 2. The van der Waals surface area contributed by atoms with E-state index in [9.17, 15) is 0 Å². The Kier molecular flexibility index (Phi) is 3.52. The predicted molar refractivity (Wildman–Crippen MR) is 68.0 cm³/mol. The van der Waals surface area contributed by atoms with E-state index in [-0.39, 0.29) is 11.4 Å². The molecule has 0 aliphatic heterocycles. The van der Waals surface area contributed by atoms with Crippen LogP contribution in [0.1, 0.15) is 32.9 Å². The summed E-state index contributed by atoms with van der Waals surface area (Å²) in [5.74, 6) is 0.00366. The van der Waals surface area contributed by atoms with Crippen molar-refractivity contribution < 1.29 is 0 Å². The lowest BCUT2D eigenvalue weighted by Gasteiger charge is -2.36. The highest BCUT2D eigenvalue weighted by Gasteiger charge is 2.21. The van der Waals surface area contributed by atoms with Gasteiger partial charge in [0.15, 0.2) is 0 Å². The SMILES string of the molecule is CCC(C)(C)N(C)c1ccc(C(=N)N)nc1. The van der Waals surface area contributed by atoms with Gasteiger partial charge in [0.1, 0.15) is 11.5 Å². The van der Waals surface area contributed by atoms with Gasteiger partial charge in [-0.3, -0.25) is 10.4 Å². The van der Waals surface area contributed by atoms with Gasteiger partial charge < -0.3 is 10.6 Å². The van der Waals surface area contributed by atoms with Gasteiger partial charge in [0, 0.05) is 12.6 Å². The lowest BCUT2D eigenvalue weighted by molar-refractivity contribution is 0.470. The molecule has 0 spiro atoms. The summed E-state index contributed by atoms with van der Waals surface area (Å²) in [4.78, 5) is 6.34. The van der Waals surface area contributed by atoms with Crippen LogP contribution in [0.2, 0.25) is 0 Å². The molecule has 0 amide bonds. The predicted octanol–water partition coefficient (Wildman–Crippen LogP) is 1.99. The first kappa shape index (κ1) is 12.5. The molecule has 0 bridgehead atoms. The molecular weight excluding hydrogens is 200 g/mol. The topological polar surface area (TPSA) is 66.0 Å². The maximum Gasteiger partial charge on any atom is 0.141 e. The molecule has 0 aliphatic rings. The Morgan fingerprint density at radius 3 is 2.50 bits per heavy atom. The van der Waals surface area contributed by atoms with E-state index in [1.54, 1.807) is 12.3 Å². The molecule has 1 heterocycles. The summed E-state index contributed by atoms with van der Waals surface area (Å²) < 4.78 is 0. The van der Waals surface area contributed by atoms with E-state index >= 15 is 0 Å². The van der Waals surface area contributed by atoms with Gasteiger partial charge in [-0.2, -0.15) is 0 Å². The van der Waals surface area contributed by atoms with Crippen LogP contribution in [0.5, 0.6) is 0 Å². The average molecular weight is 220 g/mol. The quantitative estimate of drug-likeness (QED) is 0.602. The van der Waals surface area contributed by atoms with E-state index in [1.807, 2.05) is 13.1 Å². The Morgan fingerprint density at radius 1 is 1.50 bits per heavy atom. The van der Waals surface area contributed by atoms with Gasteiger partial charge in [0.25, 0.3) is 0 Å². The molecule has 0 radical (unpaired) electrons. The van der Waals surface area contributed by atoms with Crippen molar-refractivity contribution in [2.45, 2.75) is 32.7 Å². The van der Waals surface area contributed by atoms with Gasteiger partial charge >= 0.3 is 0 Å². The first-order valence-corrected chi connectivity index (χ1v) is 5.42. The number of nitrogens with one attached hydrogen (secondary N) is 1. The van der Waals surface area contributed by atoms with Crippen molar-refractivity contribution in [3.63, 3.8) is 0 Å². The number of hydrogen-bond acceptors (Lipinski definition) is 3. The summed E-state index contributed by atoms with van der Waals surface area (Å²) in [6.07, 6.45) is 2.81. The lowest BCUT2D eigenvalue weighted by Crippen LogP contribution is -2.40. The first-order chi connectivity index (χ1) is 7.38. The largest absolute Gasteiger partial charge is 0.382 e. The third-order valence-electron chi connectivity index (χ3n) is 3.18. The number of pyridine rings is 1. The number of nitrogens with two attached hydrogens (primary N) is 1. The molecule has 0 unspecified atom stereocenters. The van der Waals surface area contributed by atoms with Crippen LogP contribution < -0.4 is 10.6 Å². The van der Waals surface area contributed by atoms with Crippen LogP contribution in [0.15, 0.2) is 18.3 Å². The van der Waals surface area contributed by atoms with Gasteiger partial charge in [-0.05, 0) is 32.4 Å². The standard InChI is InChI=1S/C12H20N4/c1-5-12(2,3)16(4)9-6-7-10(11(13)14)15-8-9/h6-8H,5H2,1-4H3,(H3,13,14). The van der Waals surface area contributed by atoms with E-state index in [2.05, 4.69) is 30.7 Å². The van der Waals surface area contributed by atoms with E-state index < -0.39 is 0 Å². The maximum atomic E-state index is 7.27. The molecule has 3 N–H and O–H groups in total. The van der Waals surface area contributed by atoms with E-state index in [0.29, 0.717) is 5.69 Å². The number of anilines is 1. The minimum absolute atomic E-state index is 0.00366. The Morgan fingerprint density at radius 2 is 2.12 bits per heavy atom. The minimum Gasteiger partial charge on any atom is -0.382 e. The third-order valence-corrected chi connectivity index (χ3v) is 3.18. The minimum atomic E-state index is 0.00366. The zero-order valence-electron chi connectivity index (χ0n) is 10.4. The Labute approximate surface area is 97.0 Å². The molecule has 0 aliphatic carbocycles. The van der Waals surface area contributed by atoms with Crippen LogP contribution in [0.25, 0.3) is 0 Å². The lowest BCUT2D eigenvalue weighted by atomic mass is 9.99. The van der Waals surface area contributed by atoms with Crippen LogP contribution in [0, 0.1) is 5.41 Å². The molecule has 0 fully saturated rings. The van der Waals surface area contributed by atoms with Crippen molar-refractivity contribution in [2.75, 3.05) is 11.9 Å². The number of amidine groups is 1. The zero-order chi connectivity index (χ0) is 12.3. The molecule has 1 aromatic heterocycles. The van der Waals surface area contributed by atoms with Crippen LogP contribution in [0.4, 0.5) is 5.69 Å². The molecule has 16 heavy (non-hydrogen) atoms. The molecule has 4 heteroatoms. The van der Waals surface area contributed by atoms with Gasteiger partial charge in [-0.15, -0.1) is 0 Å². The molecule has 1 rings (SSSR count). The monoisotopic (exact) mass is 220 g/mol. The average Bonchev–Trinajstić information content (AvgIpc) is 2.28. The number of hydrogen-bond donors (Lipinski definition) is 2. The van der Waals surface area contributed by atoms with Crippen LogP contribution >= 0.6 is 0 Å². The van der Waals surface area contributed by atoms with Crippen molar-refractivity contribution in [3.05, 3.63) is 24.0 Å². The fourth-order valence-electron chi connectivity index (χ4n) is 1.33. The maximum absolute atomic E-state index is 7.27. The highest BCUT2D eigenvalue weighted by molar-refractivity contribution is 5.93. The van der Waals surface area contributed by atoms with Crippen molar-refractivity contribution in [3.8, 4) is 0 Å². The normalized spacial score (nSPS) is 11.2. The summed E-state index contributed by atoms with van der Waals surface area (Å²) in [6, 6.07) is 3.72. The summed E-state index contributed by atoms with van der Waals surface area (Å²) >= 11 is 0. The van der Waals surface area contributed by atoms with Crippen LogP contribution in [-0.2, 0) is 0 Å². The Hall–Kier alpha value is -1.58. The smallest absolute Gasteiger partial charge is 0.141 e. The number of nitrogen functional groups attached to an aromatic ring is 1. The Bertz CT molecular complexity index is 367. The van der Waals surface area contributed by atoms with Gasteiger partial charge in [0.05, 0.1) is 11.9 Å². The first-order valence-electron chi connectivity index (χ1n) is 5.42. The molecule has 4 nitrogen and oxygen atoms in total. The molecule has 1 aromatic rings. The second-order valence-corrected chi connectivity index (χ2v) is 4.54. The summed E-state index contributed by atoms with van der Waals surface area (Å²) in [7, 11) is 2.05. The highest BCUT2D eigenvalue weighted by atomic mass is 15.2. The van der Waals surface area contributed by atoms with Crippen LogP contribution in [-0.4, -0.2) is 23.4 Å². The molecule has 0 atom stereocenters.